The van der Waals surface area contributed by atoms with E-state index in [1.54, 1.807) is 0 Å². The fourth-order valence-electron chi connectivity index (χ4n) is 3.18. The lowest BCUT2D eigenvalue weighted by atomic mass is 10.0. The normalized spacial score (nSPS) is 15.8. The van der Waals surface area contributed by atoms with Gasteiger partial charge in [0.25, 0.3) is 0 Å². The van der Waals surface area contributed by atoms with Crippen molar-refractivity contribution in [2.75, 3.05) is 11.9 Å². The highest BCUT2D eigenvalue weighted by Gasteiger charge is 2.25. The van der Waals surface area contributed by atoms with E-state index >= 15 is 0 Å². The number of anilines is 1. The minimum atomic E-state index is -0.0785. The summed E-state index contributed by atoms with van der Waals surface area (Å²) < 4.78 is 1.90. The zero-order valence-corrected chi connectivity index (χ0v) is 15.8. The molecule has 3 aromatic rings. The fraction of sp³-hybridized carbons (Fsp3) is 0.238. The molecule has 1 aliphatic rings. The van der Waals surface area contributed by atoms with E-state index in [1.165, 1.54) is 5.56 Å². The smallest absolute Gasteiger partial charge is 0.226 e. The summed E-state index contributed by atoms with van der Waals surface area (Å²) in [5, 5.41) is 17.9. The number of nitrogens with one attached hydrogen (secondary N) is 1. The van der Waals surface area contributed by atoms with Crippen molar-refractivity contribution in [3.8, 4) is 0 Å². The zero-order chi connectivity index (χ0) is 18.8. The van der Waals surface area contributed by atoms with Gasteiger partial charge in [0.15, 0.2) is 5.82 Å². The van der Waals surface area contributed by atoms with E-state index in [0.29, 0.717) is 23.8 Å². The van der Waals surface area contributed by atoms with E-state index in [-0.39, 0.29) is 12.6 Å². The first-order valence-corrected chi connectivity index (χ1v) is 9.39. The summed E-state index contributed by atoms with van der Waals surface area (Å²) in [6.07, 6.45) is 3.45. The molecule has 0 spiro atoms. The quantitative estimate of drug-likeness (QED) is 0.695. The van der Waals surface area contributed by atoms with Gasteiger partial charge in [-0.3, -0.25) is 0 Å². The molecular formula is C21H21ClN4O. The first-order chi connectivity index (χ1) is 13.1. The molecule has 1 atom stereocenters. The van der Waals surface area contributed by atoms with Gasteiger partial charge in [0.05, 0.1) is 0 Å². The Balaban J connectivity index is 1.76. The molecule has 0 saturated carbocycles. The van der Waals surface area contributed by atoms with Crippen LogP contribution in [0, 0.1) is 6.92 Å². The van der Waals surface area contributed by atoms with Crippen molar-refractivity contribution in [2.24, 2.45) is 0 Å². The minimum Gasteiger partial charge on any atom is -0.396 e. The number of benzene rings is 2. The molecule has 0 bridgehead atoms. The third kappa shape index (κ3) is 3.75. The topological polar surface area (TPSA) is 63.0 Å². The predicted octanol–water partition coefficient (Wildman–Crippen LogP) is 4.22. The third-order valence-electron chi connectivity index (χ3n) is 4.64. The van der Waals surface area contributed by atoms with Crippen LogP contribution in [-0.2, 0) is 6.42 Å². The van der Waals surface area contributed by atoms with Crippen LogP contribution < -0.4 is 5.32 Å². The summed E-state index contributed by atoms with van der Waals surface area (Å²) in [6, 6.07) is 16.1. The first-order valence-electron chi connectivity index (χ1n) is 9.01. The van der Waals surface area contributed by atoms with Gasteiger partial charge in [-0.05, 0) is 42.7 Å². The van der Waals surface area contributed by atoms with Crippen LogP contribution in [0.5, 0.6) is 0 Å². The number of aryl methyl sites for hydroxylation is 2. The summed E-state index contributed by atoms with van der Waals surface area (Å²) in [5.74, 6) is 1.44. The molecule has 0 amide bonds. The molecule has 138 valence electrons. The second-order valence-electron chi connectivity index (χ2n) is 6.69. The molecule has 2 N–H and O–H groups in total. The van der Waals surface area contributed by atoms with Crippen LogP contribution in [0.1, 0.15) is 35.0 Å². The Labute approximate surface area is 163 Å². The van der Waals surface area contributed by atoms with E-state index in [9.17, 15) is 0 Å². The lowest BCUT2D eigenvalue weighted by Crippen LogP contribution is -2.20. The van der Waals surface area contributed by atoms with Crippen molar-refractivity contribution in [1.29, 1.82) is 0 Å². The summed E-state index contributed by atoms with van der Waals surface area (Å²) in [5.41, 5.74) is 4.42. The van der Waals surface area contributed by atoms with Crippen molar-refractivity contribution < 1.29 is 5.11 Å². The van der Waals surface area contributed by atoms with Gasteiger partial charge < -0.3 is 10.4 Å². The zero-order valence-electron chi connectivity index (χ0n) is 15.1. The number of hydrogen-bond acceptors (Lipinski definition) is 4. The molecular weight excluding hydrogens is 360 g/mol. The van der Waals surface area contributed by atoms with Crippen molar-refractivity contribution in [2.45, 2.75) is 25.8 Å². The fourth-order valence-corrected chi connectivity index (χ4v) is 3.31. The lowest BCUT2D eigenvalue weighted by molar-refractivity contribution is 0.287. The molecule has 4 rings (SSSR count). The molecule has 27 heavy (non-hydrogen) atoms. The van der Waals surface area contributed by atoms with Crippen LogP contribution in [0.25, 0.3) is 5.70 Å². The Morgan fingerprint density at radius 3 is 2.56 bits per heavy atom. The molecule has 1 unspecified atom stereocenters. The van der Waals surface area contributed by atoms with Gasteiger partial charge in [0, 0.05) is 23.7 Å². The van der Waals surface area contributed by atoms with Gasteiger partial charge in [-0.25, -0.2) is 4.68 Å². The Bertz CT molecular complexity index is 961. The van der Waals surface area contributed by atoms with Crippen molar-refractivity contribution >= 4 is 23.2 Å². The number of rotatable bonds is 5. The van der Waals surface area contributed by atoms with Crippen molar-refractivity contribution in [3.63, 3.8) is 0 Å². The predicted molar refractivity (Wildman–Crippen MR) is 108 cm³/mol. The number of fused-ring (bicyclic) bond motifs is 1. The second kappa shape index (κ2) is 7.55. The highest BCUT2D eigenvalue weighted by atomic mass is 35.5. The Morgan fingerprint density at radius 2 is 1.85 bits per heavy atom. The van der Waals surface area contributed by atoms with Gasteiger partial charge in [-0.1, -0.05) is 53.6 Å². The van der Waals surface area contributed by atoms with E-state index < -0.39 is 0 Å². The second-order valence-corrected chi connectivity index (χ2v) is 7.13. The first kappa shape index (κ1) is 17.8. The highest BCUT2D eigenvalue weighted by Crippen LogP contribution is 2.33. The van der Waals surface area contributed by atoms with E-state index in [4.69, 9.17) is 16.7 Å². The molecule has 0 aliphatic carbocycles. The van der Waals surface area contributed by atoms with Crippen LogP contribution in [-0.4, -0.2) is 26.5 Å². The molecule has 0 radical (unpaired) electrons. The summed E-state index contributed by atoms with van der Waals surface area (Å²) in [6.45, 7) is 2.21. The monoisotopic (exact) mass is 380 g/mol. The number of allylic oxidation sites excluding steroid dienone is 1. The van der Waals surface area contributed by atoms with Gasteiger partial charge in [0.2, 0.25) is 5.95 Å². The van der Waals surface area contributed by atoms with E-state index in [2.05, 4.69) is 52.7 Å². The number of aliphatic hydroxyl groups excluding tert-OH is 1. The molecule has 5 nitrogen and oxygen atoms in total. The van der Waals surface area contributed by atoms with Crippen LogP contribution in [0.15, 0.2) is 54.6 Å². The largest absolute Gasteiger partial charge is 0.396 e. The number of halogens is 1. The molecule has 1 aliphatic heterocycles. The van der Waals surface area contributed by atoms with Crippen LogP contribution in [0.4, 0.5) is 5.95 Å². The Hall–Kier alpha value is -2.63. The minimum absolute atomic E-state index is 0.0785. The van der Waals surface area contributed by atoms with Crippen molar-refractivity contribution in [1.82, 2.24) is 14.8 Å². The number of aliphatic hydroxyl groups is 1. The van der Waals surface area contributed by atoms with E-state index in [1.807, 2.05) is 28.9 Å². The summed E-state index contributed by atoms with van der Waals surface area (Å²) >= 11 is 6.07. The molecule has 2 heterocycles. The average Bonchev–Trinajstić information content (AvgIpc) is 3.10. The molecule has 0 fully saturated rings. The maximum absolute atomic E-state index is 9.10. The summed E-state index contributed by atoms with van der Waals surface area (Å²) in [7, 11) is 0. The number of nitrogens with zero attached hydrogens (tertiary/aromatic N) is 3. The molecule has 6 heteroatoms. The van der Waals surface area contributed by atoms with Crippen molar-refractivity contribution in [3.05, 3.63) is 82.1 Å². The Morgan fingerprint density at radius 1 is 1.11 bits per heavy atom. The maximum atomic E-state index is 9.10. The van der Waals surface area contributed by atoms with Gasteiger partial charge >= 0.3 is 0 Å². The SMILES string of the molecule is Cc1ccc(C2=CC(c3ccc(Cl)cc3)n3nc(CCCO)nc3N2)cc1. The standard InChI is InChI=1S/C21H21ClN4O/c1-14-4-6-15(7-5-14)18-13-19(16-8-10-17(22)11-9-16)26-21(23-18)24-20(25-26)3-2-12-27/h4-11,13,19,27H,2-3,12H2,1H3,(H,23,24,25). The van der Waals surface area contributed by atoms with E-state index in [0.717, 1.165) is 22.6 Å². The van der Waals surface area contributed by atoms with Crippen LogP contribution in [0.3, 0.4) is 0 Å². The van der Waals surface area contributed by atoms with Gasteiger partial charge in [-0.2, -0.15) is 10.1 Å². The maximum Gasteiger partial charge on any atom is 0.226 e. The van der Waals surface area contributed by atoms with Crippen LogP contribution >= 0.6 is 11.6 Å². The molecule has 0 saturated heterocycles. The average molecular weight is 381 g/mol. The van der Waals surface area contributed by atoms with Crippen LogP contribution in [0.2, 0.25) is 5.02 Å². The summed E-state index contributed by atoms with van der Waals surface area (Å²) in [4.78, 5) is 4.64. The number of aromatic nitrogens is 3. The molecule has 1 aromatic heterocycles. The van der Waals surface area contributed by atoms with Gasteiger partial charge in [-0.15, -0.1) is 0 Å². The third-order valence-corrected chi connectivity index (χ3v) is 4.89. The lowest BCUT2D eigenvalue weighted by Gasteiger charge is -2.24. The van der Waals surface area contributed by atoms with Gasteiger partial charge in [0.1, 0.15) is 6.04 Å². The molecule has 2 aromatic carbocycles. The highest BCUT2D eigenvalue weighted by molar-refractivity contribution is 6.30. The number of hydrogen-bond donors (Lipinski definition) is 2. The Kier molecular flexibility index (Phi) is 4.97.